The van der Waals surface area contributed by atoms with Gasteiger partial charge in [-0.3, -0.25) is 9.89 Å². The van der Waals surface area contributed by atoms with E-state index in [0.29, 0.717) is 17.9 Å². The first kappa shape index (κ1) is 10.8. The van der Waals surface area contributed by atoms with E-state index < -0.39 is 0 Å². The average Bonchev–Trinajstić information content (AvgIpc) is 2.80. The van der Waals surface area contributed by atoms with Gasteiger partial charge in [0.25, 0.3) is 5.91 Å². The fraction of sp³-hybridized carbons (Fsp3) is 0.100. The molecule has 16 heavy (non-hydrogen) atoms. The summed E-state index contributed by atoms with van der Waals surface area (Å²) in [6.45, 7) is 0.342. The van der Waals surface area contributed by atoms with Gasteiger partial charge in [0, 0.05) is 10.0 Å². The van der Waals surface area contributed by atoms with E-state index in [9.17, 15) is 4.79 Å². The normalized spacial score (nSPS) is 10.1. The molecule has 6 heteroatoms. The van der Waals surface area contributed by atoms with E-state index in [2.05, 4.69) is 36.4 Å². The Kier molecular flexibility index (Phi) is 3.31. The number of amides is 1. The molecule has 0 radical (unpaired) electrons. The molecule has 0 spiro atoms. The Morgan fingerprint density at radius 1 is 1.38 bits per heavy atom. The topological polar surface area (TPSA) is 70.7 Å². The number of hydrogen-bond donors (Lipinski definition) is 2. The molecule has 5 nitrogen and oxygen atoms in total. The number of benzene rings is 1. The zero-order valence-electron chi connectivity index (χ0n) is 8.27. The lowest BCUT2D eigenvalue weighted by molar-refractivity contribution is 0.0950. The Labute approximate surface area is 100 Å². The van der Waals surface area contributed by atoms with Gasteiger partial charge in [-0.2, -0.15) is 5.10 Å². The van der Waals surface area contributed by atoms with E-state index >= 15 is 0 Å². The molecule has 2 rings (SSSR count). The van der Waals surface area contributed by atoms with Gasteiger partial charge in [0.05, 0.1) is 6.54 Å². The molecule has 1 heterocycles. The Hall–Kier alpha value is -1.69. The molecule has 1 aromatic carbocycles. The van der Waals surface area contributed by atoms with Crippen LogP contribution >= 0.6 is 15.9 Å². The second-order valence-corrected chi connectivity index (χ2v) is 4.04. The molecule has 0 aliphatic carbocycles. The van der Waals surface area contributed by atoms with Crippen molar-refractivity contribution in [2.45, 2.75) is 6.54 Å². The highest BCUT2D eigenvalue weighted by atomic mass is 79.9. The summed E-state index contributed by atoms with van der Waals surface area (Å²) < 4.78 is 0.944. The molecular weight excluding hydrogens is 272 g/mol. The van der Waals surface area contributed by atoms with Crippen molar-refractivity contribution in [3.05, 3.63) is 46.5 Å². The van der Waals surface area contributed by atoms with E-state index in [-0.39, 0.29) is 5.91 Å². The zero-order valence-corrected chi connectivity index (χ0v) is 9.86. The van der Waals surface area contributed by atoms with Crippen molar-refractivity contribution in [2.24, 2.45) is 0 Å². The lowest BCUT2D eigenvalue weighted by atomic mass is 10.2. The summed E-state index contributed by atoms with van der Waals surface area (Å²) in [4.78, 5) is 15.6. The van der Waals surface area contributed by atoms with E-state index in [1.165, 1.54) is 6.33 Å². The molecule has 0 aliphatic rings. The standard InChI is InChI=1S/C10H9BrN4O/c11-8-3-1-7(2-4-8)10(16)12-5-9-13-6-14-15-9/h1-4,6H,5H2,(H,12,16)(H,13,14,15). The van der Waals surface area contributed by atoms with Gasteiger partial charge in [0.15, 0.2) is 0 Å². The quantitative estimate of drug-likeness (QED) is 0.895. The lowest BCUT2D eigenvalue weighted by Crippen LogP contribution is -2.23. The number of halogens is 1. The number of carbonyl (C=O) groups excluding carboxylic acids is 1. The third kappa shape index (κ3) is 2.66. The van der Waals surface area contributed by atoms with Crippen LogP contribution in [-0.2, 0) is 6.54 Å². The van der Waals surface area contributed by atoms with Crippen molar-refractivity contribution in [3.63, 3.8) is 0 Å². The third-order valence-electron chi connectivity index (χ3n) is 1.99. The summed E-state index contributed by atoms with van der Waals surface area (Å²) in [7, 11) is 0. The molecule has 0 bridgehead atoms. The smallest absolute Gasteiger partial charge is 0.251 e. The van der Waals surface area contributed by atoms with Crippen LogP contribution in [0.25, 0.3) is 0 Å². The number of aromatic nitrogens is 3. The lowest BCUT2D eigenvalue weighted by Gasteiger charge is -2.02. The van der Waals surface area contributed by atoms with Gasteiger partial charge >= 0.3 is 0 Å². The molecular formula is C10H9BrN4O. The van der Waals surface area contributed by atoms with Crippen LogP contribution in [0.5, 0.6) is 0 Å². The minimum absolute atomic E-state index is 0.135. The maximum Gasteiger partial charge on any atom is 0.251 e. The molecule has 2 aromatic rings. The van der Waals surface area contributed by atoms with Gasteiger partial charge in [-0.1, -0.05) is 15.9 Å². The number of rotatable bonds is 3. The highest BCUT2D eigenvalue weighted by Gasteiger charge is 2.05. The first-order chi connectivity index (χ1) is 7.75. The maximum absolute atomic E-state index is 11.7. The third-order valence-corrected chi connectivity index (χ3v) is 2.52. The summed E-state index contributed by atoms with van der Waals surface area (Å²) in [5, 5.41) is 9.09. The molecule has 82 valence electrons. The van der Waals surface area contributed by atoms with Crippen molar-refractivity contribution in [2.75, 3.05) is 0 Å². The van der Waals surface area contributed by atoms with Crippen LogP contribution in [0.15, 0.2) is 35.1 Å². The second kappa shape index (κ2) is 4.89. The molecule has 0 aliphatic heterocycles. The molecule has 1 amide bonds. The van der Waals surface area contributed by atoms with E-state index in [4.69, 9.17) is 0 Å². The number of nitrogens with zero attached hydrogens (tertiary/aromatic N) is 2. The van der Waals surface area contributed by atoms with Gasteiger partial charge in [-0.15, -0.1) is 0 Å². The molecule has 0 unspecified atom stereocenters. The Morgan fingerprint density at radius 3 is 2.75 bits per heavy atom. The SMILES string of the molecule is O=C(NCc1ncn[nH]1)c1ccc(Br)cc1. The number of carbonyl (C=O) groups is 1. The monoisotopic (exact) mass is 280 g/mol. The van der Waals surface area contributed by atoms with Crippen LogP contribution in [0.3, 0.4) is 0 Å². The van der Waals surface area contributed by atoms with Crippen LogP contribution < -0.4 is 5.32 Å². The molecule has 2 N–H and O–H groups in total. The largest absolute Gasteiger partial charge is 0.345 e. The van der Waals surface area contributed by atoms with Gasteiger partial charge in [0.1, 0.15) is 12.2 Å². The highest BCUT2D eigenvalue weighted by molar-refractivity contribution is 9.10. The van der Waals surface area contributed by atoms with E-state index in [0.717, 1.165) is 4.47 Å². The van der Waals surface area contributed by atoms with Crippen LogP contribution in [-0.4, -0.2) is 21.1 Å². The Balaban J connectivity index is 1.95. The maximum atomic E-state index is 11.7. The van der Waals surface area contributed by atoms with Crippen LogP contribution in [0.2, 0.25) is 0 Å². The van der Waals surface area contributed by atoms with Crippen molar-refractivity contribution < 1.29 is 4.79 Å². The summed E-state index contributed by atoms with van der Waals surface area (Å²) in [5.74, 6) is 0.495. The first-order valence-corrected chi connectivity index (χ1v) is 5.43. The molecule has 0 saturated heterocycles. The van der Waals surface area contributed by atoms with Crippen molar-refractivity contribution in [1.82, 2.24) is 20.5 Å². The fourth-order valence-corrected chi connectivity index (χ4v) is 1.45. The predicted octanol–water partition coefficient (Wildman–Crippen LogP) is 1.50. The number of nitrogens with one attached hydrogen (secondary N) is 2. The predicted molar refractivity (Wildman–Crippen MR) is 61.7 cm³/mol. The summed E-state index contributed by atoms with van der Waals surface area (Å²) in [6, 6.07) is 7.15. The Morgan fingerprint density at radius 2 is 2.12 bits per heavy atom. The zero-order chi connectivity index (χ0) is 11.4. The van der Waals surface area contributed by atoms with Gasteiger partial charge in [-0.25, -0.2) is 4.98 Å². The minimum atomic E-state index is -0.135. The number of aromatic amines is 1. The van der Waals surface area contributed by atoms with Crippen LogP contribution in [0, 0.1) is 0 Å². The molecule has 0 fully saturated rings. The highest BCUT2D eigenvalue weighted by Crippen LogP contribution is 2.10. The second-order valence-electron chi connectivity index (χ2n) is 3.12. The van der Waals surface area contributed by atoms with E-state index in [1.807, 2.05) is 12.1 Å². The Bertz CT molecular complexity index is 466. The van der Waals surface area contributed by atoms with Crippen molar-refractivity contribution >= 4 is 21.8 Å². The van der Waals surface area contributed by atoms with E-state index in [1.54, 1.807) is 12.1 Å². The summed E-state index contributed by atoms with van der Waals surface area (Å²) in [5.41, 5.74) is 0.614. The average molecular weight is 281 g/mol. The van der Waals surface area contributed by atoms with Crippen molar-refractivity contribution in [3.8, 4) is 0 Å². The molecule has 0 saturated carbocycles. The summed E-state index contributed by atoms with van der Waals surface area (Å²) >= 11 is 3.31. The van der Waals surface area contributed by atoms with Crippen LogP contribution in [0.4, 0.5) is 0 Å². The number of H-pyrrole nitrogens is 1. The van der Waals surface area contributed by atoms with Gasteiger partial charge in [-0.05, 0) is 24.3 Å². The molecule has 1 aromatic heterocycles. The van der Waals surface area contributed by atoms with Crippen LogP contribution in [0.1, 0.15) is 16.2 Å². The molecule has 0 atom stereocenters. The summed E-state index contributed by atoms with van der Waals surface area (Å²) in [6.07, 6.45) is 1.40. The minimum Gasteiger partial charge on any atom is -0.345 e. The number of hydrogen-bond acceptors (Lipinski definition) is 3. The first-order valence-electron chi connectivity index (χ1n) is 4.64. The fourth-order valence-electron chi connectivity index (χ4n) is 1.18. The van der Waals surface area contributed by atoms with Crippen molar-refractivity contribution in [1.29, 1.82) is 0 Å². The van der Waals surface area contributed by atoms with Gasteiger partial charge in [0.2, 0.25) is 0 Å². The van der Waals surface area contributed by atoms with Gasteiger partial charge < -0.3 is 5.32 Å².